The highest BCUT2D eigenvalue weighted by Gasteiger charge is 2.51. The SMILES string of the molecule is CC(C)N1CCC(CN2c3ccccc3C3(COc4cc5c(cc43)OCO5)c3ccccc32)C1. The first-order valence-electron chi connectivity index (χ1n) is 12.4. The summed E-state index contributed by atoms with van der Waals surface area (Å²) >= 11 is 0. The van der Waals surface area contributed by atoms with Crippen molar-refractivity contribution < 1.29 is 14.2 Å². The molecule has 4 heterocycles. The van der Waals surface area contributed by atoms with Gasteiger partial charge in [0.25, 0.3) is 0 Å². The molecule has 1 saturated heterocycles. The van der Waals surface area contributed by atoms with Gasteiger partial charge in [-0.25, -0.2) is 0 Å². The highest BCUT2D eigenvalue weighted by atomic mass is 16.7. The molecule has 0 aliphatic carbocycles. The van der Waals surface area contributed by atoms with E-state index in [1.54, 1.807) is 0 Å². The number of benzene rings is 3. The molecular weight excluding hydrogens is 424 g/mol. The molecule has 0 bridgehead atoms. The lowest BCUT2D eigenvalue weighted by Gasteiger charge is -2.44. The average Bonchev–Trinajstić information content (AvgIpc) is 3.60. The second-order valence-corrected chi connectivity index (χ2v) is 10.3. The molecule has 0 saturated carbocycles. The molecule has 5 nitrogen and oxygen atoms in total. The molecule has 34 heavy (non-hydrogen) atoms. The molecule has 4 aliphatic heterocycles. The zero-order valence-corrected chi connectivity index (χ0v) is 19.8. The first kappa shape index (κ1) is 20.2. The van der Waals surface area contributed by atoms with Crippen molar-refractivity contribution in [3.63, 3.8) is 0 Å². The summed E-state index contributed by atoms with van der Waals surface area (Å²) in [6.45, 7) is 8.85. The number of hydrogen-bond donors (Lipinski definition) is 0. The molecule has 1 fully saturated rings. The quantitative estimate of drug-likeness (QED) is 0.535. The van der Waals surface area contributed by atoms with Gasteiger partial charge in [0, 0.05) is 42.1 Å². The van der Waals surface area contributed by atoms with E-state index in [9.17, 15) is 0 Å². The van der Waals surface area contributed by atoms with Crippen molar-refractivity contribution in [2.45, 2.75) is 31.7 Å². The molecule has 5 heteroatoms. The number of hydrogen-bond acceptors (Lipinski definition) is 5. The summed E-state index contributed by atoms with van der Waals surface area (Å²) < 4.78 is 17.8. The molecule has 3 aromatic rings. The van der Waals surface area contributed by atoms with E-state index in [0.717, 1.165) is 23.8 Å². The highest BCUT2D eigenvalue weighted by molar-refractivity contribution is 5.82. The van der Waals surface area contributed by atoms with Gasteiger partial charge in [0.05, 0.1) is 5.41 Å². The Bertz CT molecular complexity index is 1220. The first-order valence-corrected chi connectivity index (χ1v) is 12.4. The maximum Gasteiger partial charge on any atom is 0.231 e. The van der Waals surface area contributed by atoms with Crippen LogP contribution in [-0.2, 0) is 5.41 Å². The summed E-state index contributed by atoms with van der Waals surface area (Å²) in [5, 5.41) is 0. The lowest BCUT2D eigenvalue weighted by atomic mass is 9.67. The van der Waals surface area contributed by atoms with Crippen LogP contribution in [0.25, 0.3) is 0 Å². The van der Waals surface area contributed by atoms with Crippen LogP contribution in [0.2, 0.25) is 0 Å². The second-order valence-electron chi connectivity index (χ2n) is 10.3. The molecule has 0 aromatic heterocycles. The fourth-order valence-electron chi connectivity index (χ4n) is 6.44. The molecular formula is C29H30N2O3. The standard InChI is InChI=1S/C29H30N2O3/c1-19(2)30-12-11-20(15-30)16-31-24-9-5-3-7-21(24)29(22-8-4-6-10-25(22)31)17-32-26-14-28-27(13-23(26)29)33-18-34-28/h3-10,13-14,19-20H,11-12,15-18H2,1-2H3. The zero-order valence-electron chi connectivity index (χ0n) is 19.8. The van der Waals surface area contributed by atoms with E-state index in [2.05, 4.69) is 78.2 Å². The van der Waals surface area contributed by atoms with Crippen molar-refractivity contribution in [2.75, 3.05) is 37.9 Å². The third kappa shape index (κ3) is 2.76. The van der Waals surface area contributed by atoms with Crippen LogP contribution < -0.4 is 19.1 Å². The maximum absolute atomic E-state index is 6.38. The van der Waals surface area contributed by atoms with E-state index in [-0.39, 0.29) is 12.2 Å². The predicted molar refractivity (Wildman–Crippen MR) is 133 cm³/mol. The van der Waals surface area contributed by atoms with Crippen LogP contribution in [-0.4, -0.2) is 44.0 Å². The van der Waals surface area contributed by atoms with E-state index >= 15 is 0 Å². The van der Waals surface area contributed by atoms with Crippen molar-refractivity contribution in [1.82, 2.24) is 4.90 Å². The van der Waals surface area contributed by atoms with Gasteiger partial charge < -0.3 is 24.0 Å². The van der Waals surface area contributed by atoms with Gasteiger partial charge in [-0.1, -0.05) is 36.4 Å². The monoisotopic (exact) mass is 454 g/mol. The molecule has 4 aliphatic rings. The molecule has 1 spiro atoms. The Morgan fingerprint density at radius 3 is 2.21 bits per heavy atom. The third-order valence-corrected chi connectivity index (χ3v) is 8.18. The van der Waals surface area contributed by atoms with E-state index in [1.165, 1.54) is 47.6 Å². The number of ether oxygens (including phenoxy) is 3. The molecule has 3 aromatic carbocycles. The van der Waals surface area contributed by atoms with Crippen molar-refractivity contribution in [3.05, 3.63) is 77.4 Å². The van der Waals surface area contributed by atoms with E-state index in [0.29, 0.717) is 18.6 Å². The van der Waals surface area contributed by atoms with Crippen LogP contribution in [0, 0.1) is 5.92 Å². The number of nitrogens with zero attached hydrogens (tertiary/aromatic N) is 2. The summed E-state index contributed by atoms with van der Waals surface area (Å²) in [5.74, 6) is 3.12. The van der Waals surface area contributed by atoms with Gasteiger partial charge >= 0.3 is 0 Å². The van der Waals surface area contributed by atoms with E-state index in [1.807, 2.05) is 6.07 Å². The van der Waals surface area contributed by atoms with E-state index < -0.39 is 0 Å². The Balaban J connectivity index is 1.38. The molecule has 1 atom stereocenters. The average molecular weight is 455 g/mol. The smallest absolute Gasteiger partial charge is 0.231 e. The number of fused-ring (bicyclic) bond motifs is 7. The topological polar surface area (TPSA) is 34.2 Å². The summed E-state index contributed by atoms with van der Waals surface area (Å²) in [7, 11) is 0. The Morgan fingerprint density at radius 1 is 0.853 bits per heavy atom. The molecule has 0 radical (unpaired) electrons. The molecule has 0 amide bonds. The molecule has 1 unspecified atom stereocenters. The summed E-state index contributed by atoms with van der Waals surface area (Å²) in [4.78, 5) is 5.17. The van der Waals surface area contributed by atoms with Crippen LogP contribution in [0.3, 0.4) is 0 Å². The predicted octanol–water partition coefficient (Wildman–Crippen LogP) is 5.32. The van der Waals surface area contributed by atoms with Crippen LogP contribution >= 0.6 is 0 Å². The fourth-order valence-corrected chi connectivity index (χ4v) is 6.44. The number of anilines is 2. The normalized spacial score (nSPS) is 21.5. The highest BCUT2D eigenvalue weighted by Crippen LogP contribution is 2.58. The molecule has 0 N–H and O–H groups in total. The van der Waals surface area contributed by atoms with Crippen LogP contribution in [0.15, 0.2) is 60.7 Å². The first-order chi connectivity index (χ1) is 16.6. The van der Waals surface area contributed by atoms with Gasteiger partial charge in [-0.05, 0) is 62.1 Å². The summed E-state index contributed by atoms with van der Waals surface area (Å²) in [5.41, 5.74) is 6.01. The van der Waals surface area contributed by atoms with Crippen molar-refractivity contribution in [2.24, 2.45) is 5.92 Å². The number of rotatable bonds is 3. The largest absolute Gasteiger partial charge is 0.491 e. The van der Waals surface area contributed by atoms with Crippen molar-refractivity contribution in [1.29, 1.82) is 0 Å². The fraction of sp³-hybridized carbons (Fsp3) is 0.379. The Hall–Kier alpha value is -3.18. The Labute approximate surface area is 200 Å². The molecule has 174 valence electrons. The van der Waals surface area contributed by atoms with E-state index in [4.69, 9.17) is 14.2 Å². The van der Waals surface area contributed by atoms with Gasteiger partial charge in [-0.3, -0.25) is 0 Å². The Morgan fingerprint density at radius 2 is 1.53 bits per heavy atom. The van der Waals surface area contributed by atoms with Crippen molar-refractivity contribution >= 4 is 11.4 Å². The van der Waals surface area contributed by atoms with Gasteiger partial charge in [0.15, 0.2) is 11.5 Å². The van der Waals surface area contributed by atoms with Crippen LogP contribution in [0.4, 0.5) is 11.4 Å². The van der Waals surface area contributed by atoms with Gasteiger partial charge in [-0.2, -0.15) is 0 Å². The Kier molecular flexibility index (Phi) is 4.40. The van der Waals surface area contributed by atoms with Crippen molar-refractivity contribution in [3.8, 4) is 17.2 Å². The number of likely N-dealkylation sites (tertiary alicyclic amines) is 1. The van der Waals surface area contributed by atoms with Crippen LogP contribution in [0.1, 0.15) is 37.0 Å². The summed E-state index contributed by atoms with van der Waals surface area (Å²) in [6, 6.07) is 22.6. The zero-order chi connectivity index (χ0) is 22.9. The second kappa shape index (κ2) is 7.41. The van der Waals surface area contributed by atoms with Gasteiger partial charge in [0.1, 0.15) is 12.4 Å². The third-order valence-electron chi connectivity index (χ3n) is 8.18. The van der Waals surface area contributed by atoms with Crippen LogP contribution in [0.5, 0.6) is 17.2 Å². The minimum absolute atomic E-state index is 0.265. The minimum atomic E-state index is -0.361. The maximum atomic E-state index is 6.38. The minimum Gasteiger partial charge on any atom is -0.491 e. The van der Waals surface area contributed by atoms with Gasteiger partial charge in [-0.15, -0.1) is 0 Å². The summed E-state index contributed by atoms with van der Waals surface area (Å²) in [6.07, 6.45) is 1.25. The lowest BCUT2D eigenvalue weighted by Crippen LogP contribution is -2.41. The number of para-hydroxylation sites is 2. The lowest BCUT2D eigenvalue weighted by molar-refractivity contribution is 0.173. The van der Waals surface area contributed by atoms with Gasteiger partial charge in [0.2, 0.25) is 6.79 Å². The molecule has 7 rings (SSSR count).